The van der Waals surface area contributed by atoms with Crippen LogP contribution in [0.25, 0.3) is 0 Å². The highest BCUT2D eigenvalue weighted by Crippen LogP contribution is 2.04. The van der Waals surface area contributed by atoms with E-state index in [2.05, 4.69) is 0 Å². The second-order valence-corrected chi connectivity index (χ2v) is 2.51. The van der Waals surface area contributed by atoms with Gasteiger partial charge in [-0.2, -0.15) is 0 Å². The molecule has 0 amide bonds. The summed E-state index contributed by atoms with van der Waals surface area (Å²) in [5, 5.41) is 51.8. The SMILES string of the molecule is O=C(O)[C@@H](O)[C@H](O)[C@H](O)[C@H](O)CO. The summed E-state index contributed by atoms with van der Waals surface area (Å²) in [6, 6.07) is 0. The summed E-state index contributed by atoms with van der Waals surface area (Å²) in [5.41, 5.74) is 0. The fourth-order valence-corrected chi connectivity index (χ4v) is 0.668. The maximum atomic E-state index is 10.1. The first-order chi connectivity index (χ1) is 5.91. The number of aliphatic carboxylic acids is 1. The van der Waals surface area contributed by atoms with Crippen LogP contribution in [-0.4, -0.2) is 67.6 Å². The van der Waals surface area contributed by atoms with Gasteiger partial charge in [0, 0.05) is 0 Å². The Balaban J connectivity index is 4.24. The van der Waals surface area contributed by atoms with Crippen LogP contribution < -0.4 is 0 Å². The number of carbonyl (C=O) groups is 1. The zero-order valence-corrected chi connectivity index (χ0v) is 6.61. The van der Waals surface area contributed by atoms with E-state index in [1.54, 1.807) is 0 Å². The topological polar surface area (TPSA) is 138 Å². The van der Waals surface area contributed by atoms with Crippen LogP contribution >= 0.6 is 0 Å². The number of rotatable bonds is 5. The van der Waals surface area contributed by atoms with Gasteiger partial charge in [0.1, 0.15) is 18.3 Å². The predicted molar refractivity (Wildman–Crippen MR) is 38.7 cm³/mol. The van der Waals surface area contributed by atoms with Gasteiger partial charge in [-0.05, 0) is 0 Å². The van der Waals surface area contributed by atoms with Gasteiger partial charge in [-0.3, -0.25) is 0 Å². The van der Waals surface area contributed by atoms with E-state index in [1.807, 2.05) is 0 Å². The molecule has 13 heavy (non-hydrogen) atoms. The van der Waals surface area contributed by atoms with Crippen LogP contribution in [0.15, 0.2) is 0 Å². The Labute approximate surface area is 73.5 Å². The first-order valence-corrected chi connectivity index (χ1v) is 3.47. The molecule has 0 saturated carbocycles. The zero-order valence-electron chi connectivity index (χ0n) is 6.61. The molecule has 0 spiro atoms. The Morgan fingerprint density at radius 1 is 1.08 bits per heavy atom. The fourth-order valence-electron chi connectivity index (χ4n) is 0.668. The Kier molecular flexibility index (Phi) is 4.81. The summed E-state index contributed by atoms with van der Waals surface area (Å²) < 4.78 is 0. The zero-order chi connectivity index (χ0) is 10.6. The van der Waals surface area contributed by atoms with Gasteiger partial charge in [0.2, 0.25) is 0 Å². The Morgan fingerprint density at radius 3 is 1.85 bits per heavy atom. The molecule has 6 N–H and O–H groups in total. The molecule has 4 atom stereocenters. The predicted octanol–water partition coefficient (Wildman–Crippen LogP) is -3.49. The van der Waals surface area contributed by atoms with E-state index in [0.717, 1.165) is 0 Å². The lowest BCUT2D eigenvalue weighted by molar-refractivity contribution is -0.164. The molecule has 0 unspecified atom stereocenters. The molecule has 0 bridgehead atoms. The summed E-state index contributed by atoms with van der Waals surface area (Å²) >= 11 is 0. The van der Waals surface area contributed by atoms with E-state index in [4.69, 9.17) is 30.6 Å². The van der Waals surface area contributed by atoms with Gasteiger partial charge in [-0.1, -0.05) is 0 Å². The molecule has 7 heteroatoms. The minimum absolute atomic E-state index is 0.843. The molecule has 0 saturated heterocycles. The van der Waals surface area contributed by atoms with Crippen molar-refractivity contribution in [2.75, 3.05) is 6.61 Å². The number of aliphatic hydroxyl groups is 5. The number of hydrogen-bond donors (Lipinski definition) is 6. The molecule has 0 radical (unpaired) electrons. The summed E-state index contributed by atoms with van der Waals surface area (Å²) in [6.07, 6.45) is -7.84. The Hall–Kier alpha value is -0.730. The molecule has 0 heterocycles. The van der Waals surface area contributed by atoms with E-state index in [-0.39, 0.29) is 0 Å². The van der Waals surface area contributed by atoms with Gasteiger partial charge in [-0.15, -0.1) is 0 Å². The lowest BCUT2D eigenvalue weighted by Gasteiger charge is -2.23. The molecular weight excluding hydrogens is 184 g/mol. The normalized spacial score (nSPS) is 20.4. The molecule has 0 aromatic rings. The summed E-state index contributed by atoms with van der Waals surface area (Å²) in [6.45, 7) is -0.843. The maximum absolute atomic E-state index is 10.1. The quantitative estimate of drug-likeness (QED) is 0.268. The average molecular weight is 196 g/mol. The second-order valence-electron chi connectivity index (χ2n) is 2.51. The molecule has 0 fully saturated rings. The number of carboxylic acids is 1. The van der Waals surface area contributed by atoms with Crippen molar-refractivity contribution in [3.05, 3.63) is 0 Å². The van der Waals surface area contributed by atoms with Crippen molar-refractivity contribution in [2.45, 2.75) is 24.4 Å². The van der Waals surface area contributed by atoms with Crippen molar-refractivity contribution >= 4 is 5.97 Å². The second kappa shape index (κ2) is 5.10. The molecule has 7 nitrogen and oxygen atoms in total. The molecule has 0 rings (SSSR count). The summed E-state index contributed by atoms with van der Waals surface area (Å²) in [7, 11) is 0. The van der Waals surface area contributed by atoms with Crippen molar-refractivity contribution in [3.63, 3.8) is 0 Å². The van der Waals surface area contributed by atoms with Crippen LogP contribution in [0.5, 0.6) is 0 Å². The molecule has 0 aliphatic heterocycles. The number of aliphatic hydroxyl groups excluding tert-OH is 5. The molecular formula is C6H12O7. The van der Waals surface area contributed by atoms with Crippen LogP contribution in [0.1, 0.15) is 0 Å². The average Bonchev–Trinajstić information content (AvgIpc) is 2.12. The third-order valence-corrected chi connectivity index (χ3v) is 1.51. The Morgan fingerprint density at radius 2 is 1.54 bits per heavy atom. The van der Waals surface area contributed by atoms with Crippen LogP contribution in [0.4, 0.5) is 0 Å². The van der Waals surface area contributed by atoms with Crippen molar-refractivity contribution in [1.29, 1.82) is 0 Å². The van der Waals surface area contributed by atoms with Gasteiger partial charge in [0.15, 0.2) is 6.10 Å². The highest BCUT2D eigenvalue weighted by Gasteiger charge is 2.33. The lowest BCUT2D eigenvalue weighted by Crippen LogP contribution is -2.48. The van der Waals surface area contributed by atoms with E-state index < -0.39 is 37.0 Å². The molecule has 78 valence electrons. The third kappa shape index (κ3) is 3.25. The van der Waals surface area contributed by atoms with Crippen LogP contribution in [0.2, 0.25) is 0 Å². The van der Waals surface area contributed by atoms with Gasteiger partial charge >= 0.3 is 5.97 Å². The third-order valence-electron chi connectivity index (χ3n) is 1.51. The van der Waals surface area contributed by atoms with Crippen LogP contribution in [0.3, 0.4) is 0 Å². The molecule has 0 aromatic carbocycles. The minimum Gasteiger partial charge on any atom is -0.479 e. The monoisotopic (exact) mass is 196 g/mol. The van der Waals surface area contributed by atoms with Crippen molar-refractivity contribution in [1.82, 2.24) is 0 Å². The largest absolute Gasteiger partial charge is 0.479 e. The van der Waals surface area contributed by atoms with Crippen molar-refractivity contribution < 1.29 is 35.4 Å². The minimum atomic E-state index is -2.20. The van der Waals surface area contributed by atoms with Gasteiger partial charge < -0.3 is 30.6 Å². The summed E-state index contributed by atoms with van der Waals surface area (Å²) in [5.74, 6) is -1.73. The van der Waals surface area contributed by atoms with Gasteiger partial charge in [0.25, 0.3) is 0 Å². The standard InChI is InChI=1S/C6H12O7/c7-1-2(8)3(9)4(10)5(11)6(12)13/h2-5,7-11H,1H2,(H,12,13)/t2-,3-,4-,5+/m1/s1. The van der Waals surface area contributed by atoms with Gasteiger partial charge in [-0.25, -0.2) is 4.79 Å². The maximum Gasteiger partial charge on any atom is 0.335 e. The lowest BCUT2D eigenvalue weighted by atomic mass is 10.0. The Bertz CT molecular complexity index is 170. The molecule has 0 aromatic heterocycles. The van der Waals surface area contributed by atoms with Gasteiger partial charge in [0.05, 0.1) is 6.61 Å². The van der Waals surface area contributed by atoms with Crippen molar-refractivity contribution in [3.8, 4) is 0 Å². The van der Waals surface area contributed by atoms with Crippen LogP contribution in [-0.2, 0) is 4.79 Å². The number of hydrogen-bond acceptors (Lipinski definition) is 6. The van der Waals surface area contributed by atoms with E-state index in [1.165, 1.54) is 0 Å². The highest BCUT2D eigenvalue weighted by molar-refractivity contribution is 5.72. The van der Waals surface area contributed by atoms with E-state index in [9.17, 15) is 4.79 Å². The van der Waals surface area contributed by atoms with Crippen molar-refractivity contribution in [2.24, 2.45) is 0 Å². The van der Waals surface area contributed by atoms with E-state index >= 15 is 0 Å². The highest BCUT2D eigenvalue weighted by atomic mass is 16.4. The van der Waals surface area contributed by atoms with Crippen LogP contribution in [0, 0.1) is 0 Å². The fraction of sp³-hybridized carbons (Fsp3) is 0.833. The molecule has 0 aliphatic carbocycles. The number of carboxylic acid groups (broad SMARTS) is 1. The van der Waals surface area contributed by atoms with E-state index in [0.29, 0.717) is 0 Å². The first kappa shape index (κ1) is 12.3. The first-order valence-electron chi connectivity index (χ1n) is 3.47. The smallest absolute Gasteiger partial charge is 0.335 e. The molecule has 0 aliphatic rings. The summed E-state index contributed by atoms with van der Waals surface area (Å²) in [4.78, 5) is 10.1.